The quantitative estimate of drug-likeness (QED) is 0.457. The zero-order valence-electron chi connectivity index (χ0n) is 7.71. The fourth-order valence-electron chi connectivity index (χ4n) is 1.66. The van der Waals surface area contributed by atoms with E-state index in [1.54, 1.807) is 7.11 Å². The summed E-state index contributed by atoms with van der Waals surface area (Å²) in [7, 11) is 1.71. The van der Waals surface area contributed by atoms with Crippen LogP contribution in [0.2, 0.25) is 0 Å². The molecule has 0 bridgehead atoms. The van der Waals surface area contributed by atoms with Gasteiger partial charge >= 0.3 is 0 Å². The molecule has 1 aliphatic heterocycles. The van der Waals surface area contributed by atoms with E-state index in [4.69, 9.17) is 15.9 Å². The topological polar surface area (TPSA) is 62.3 Å². The highest BCUT2D eigenvalue weighted by Crippen LogP contribution is 2.22. The van der Waals surface area contributed by atoms with Gasteiger partial charge in [-0.05, 0) is 5.92 Å². The number of ether oxygens (including phenoxy) is 1. The number of nitrogens with two attached hydrogens (primary N) is 1. The van der Waals surface area contributed by atoms with Crippen LogP contribution in [0, 0.1) is 17.2 Å². The zero-order chi connectivity index (χ0) is 9.14. The Bertz CT molecular complexity index is 172. The third-order valence-electron chi connectivity index (χ3n) is 2.49. The number of rotatable bonds is 2. The molecular weight excluding hydrogens is 154 g/mol. The van der Waals surface area contributed by atoms with Gasteiger partial charge < -0.3 is 15.4 Å². The predicted octanol–water partition coefficient (Wildman–Crippen LogP) is 0.0942. The molecule has 0 amide bonds. The second-order valence-electron chi connectivity index (χ2n) is 3.48. The van der Waals surface area contributed by atoms with Gasteiger partial charge in [-0.15, -0.1) is 0 Å². The molecular formula is C8H17N3O. The van der Waals surface area contributed by atoms with Crippen molar-refractivity contribution in [1.29, 1.82) is 5.41 Å². The molecule has 0 aromatic heterocycles. The summed E-state index contributed by atoms with van der Waals surface area (Å²) in [6.07, 6.45) is 0. The third-order valence-corrected chi connectivity index (χ3v) is 2.49. The van der Waals surface area contributed by atoms with Gasteiger partial charge in [-0.1, -0.05) is 6.92 Å². The minimum absolute atomic E-state index is 0.181. The first kappa shape index (κ1) is 9.32. The molecule has 1 fully saturated rings. The Morgan fingerprint density at radius 3 is 2.75 bits per heavy atom. The Hall–Kier alpha value is -0.770. The summed E-state index contributed by atoms with van der Waals surface area (Å²) < 4.78 is 5.09. The molecule has 0 aromatic carbocycles. The Labute approximate surface area is 73.2 Å². The summed E-state index contributed by atoms with van der Waals surface area (Å²) in [6, 6.07) is 0. The first-order valence-corrected chi connectivity index (χ1v) is 4.23. The normalized spacial score (nSPS) is 29.3. The van der Waals surface area contributed by atoms with Crippen molar-refractivity contribution in [3.8, 4) is 0 Å². The Morgan fingerprint density at radius 2 is 2.33 bits per heavy atom. The maximum atomic E-state index is 7.27. The summed E-state index contributed by atoms with van der Waals surface area (Å²) in [6.45, 7) is 4.70. The highest BCUT2D eigenvalue weighted by atomic mass is 16.5. The summed E-state index contributed by atoms with van der Waals surface area (Å²) in [5.41, 5.74) is 5.39. The first-order valence-electron chi connectivity index (χ1n) is 4.23. The van der Waals surface area contributed by atoms with Gasteiger partial charge in [-0.2, -0.15) is 0 Å². The predicted molar refractivity (Wildman–Crippen MR) is 48.0 cm³/mol. The van der Waals surface area contributed by atoms with Crippen LogP contribution in [0.1, 0.15) is 6.92 Å². The Morgan fingerprint density at radius 1 is 1.67 bits per heavy atom. The maximum Gasteiger partial charge on any atom is 0.188 e. The van der Waals surface area contributed by atoms with E-state index in [1.807, 2.05) is 4.90 Å². The molecule has 4 heteroatoms. The lowest BCUT2D eigenvalue weighted by Crippen LogP contribution is -2.34. The van der Waals surface area contributed by atoms with E-state index in [2.05, 4.69) is 6.92 Å². The summed E-state index contributed by atoms with van der Waals surface area (Å²) >= 11 is 0. The van der Waals surface area contributed by atoms with Gasteiger partial charge in [0.15, 0.2) is 5.96 Å². The molecule has 0 aromatic rings. The summed E-state index contributed by atoms with van der Waals surface area (Å²) in [5, 5.41) is 7.27. The van der Waals surface area contributed by atoms with E-state index in [-0.39, 0.29) is 5.96 Å². The van der Waals surface area contributed by atoms with Crippen molar-refractivity contribution in [3.05, 3.63) is 0 Å². The fraction of sp³-hybridized carbons (Fsp3) is 0.875. The van der Waals surface area contributed by atoms with E-state index >= 15 is 0 Å². The van der Waals surface area contributed by atoms with Crippen LogP contribution in [0.15, 0.2) is 0 Å². The number of guanidine groups is 1. The first-order chi connectivity index (χ1) is 5.65. The standard InChI is InChI=1S/C8H17N3O/c1-6-3-11(8(9)10)4-7(6)5-12-2/h6-7H,3-5H2,1-2H3,(H3,9,10)/t6-,7-/m0/s1. The Kier molecular flexibility index (Phi) is 2.92. The van der Waals surface area contributed by atoms with Crippen molar-refractivity contribution >= 4 is 5.96 Å². The van der Waals surface area contributed by atoms with E-state index in [0.29, 0.717) is 11.8 Å². The van der Waals surface area contributed by atoms with Crippen molar-refractivity contribution in [1.82, 2.24) is 4.90 Å². The molecule has 12 heavy (non-hydrogen) atoms. The van der Waals surface area contributed by atoms with Crippen LogP contribution in [-0.2, 0) is 4.74 Å². The van der Waals surface area contributed by atoms with Crippen LogP contribution in [0.4, 0.5) is 0 Å². The van der Waals surface area contributed by atoms with Crippen molar-refractivity contribution in [3.63, 3.8) is 0 Å². The van der Waals surface area contributed by atoms with Crippen LogP contribution >= 0.6 is 0 Å². The minimum Gasteiger partial charge on any atom is -0.384 e. The van der Waals surface area contributed by atoms with Crippen LogP contribution in [0.5, 0.6) is 0 Å². The SMILES string of the molecule is COC[C@@H]1CN(C(=N)N)C[C@@H]1C. The van der Waals surface area contributed by atoms with Gasteiger partial charge in [0.2, 0.25) is 0 Å². The summed E-state index contributed by atoms with van der Waals surface area (Å²) in [5.74, 6) is 1.29. The lowest BCUT2D eigenvalue weighted by Gasteiger charge is -2.14. The number of likely N-dealkylation sites (tertiary alicyclic amines) is 1. The van der Waals surface area contributed by atoms with Crippen LogP contribution in [0.3, 0.4) is 0 Å². The number of methoxy groups -OCH3 is 1. The van der Waals surface area contributed by atoms with Gasteiger partial charge in [-0.3, -0.25) is 5.41 Å². The fourth-order valence-corrected chi connectivity index (χ4v) is 1.66. The lowest BCUT2D eigenvalue weighted by atomic mass is 10.00. The number of hydrogen-bond donors (Lipinski definition) is 2. The van der Waals surface area contributed by atoms with E-state index in [0.717, 1.165) is 19.7 Å². The highest BCUT2D eigenvalue weighted by molar-refractivity contribution is 5.74. The van der Waals surface area contributed by atoms with Crippen LogP contribution < -0.4 is 5.73 Å². The van der Waals surface area contributed by atoms with Gasteiger partial charge in [0.25, 0.3) is 0 Å². The lowest BCUT2D eigenvalue weighted by molar-refractivity contribution is 0.142. The maximum absolute atomic E-state index is 7.27. The third kappa shape index (κ3) is 1.88. The van der Waals surface area contributed by atoms with Gasteiger partial charge in [0.05, 0.1) is 6.61 Å². The highest BCUT2D eigenvalue weighted by Gasteiger charge is 2.29. The van der Waals surface area contributed by atoms with E-state index in [9.17, 15) is 0 Å². The van der Waals surface area contributed by atoms with Gasteiger partial charge in [0.1, 0.15) is 0 Å². The average Bonchev–Trinajstić information content (AvgIpc) is 2.34. The van der Waals surface area contributed by atoms with E-state index < -0.39 is 0 Å². The molecule has 2 atom stereocenters. The molecule has 4 nitrogen and oxygen atoms in total. The molecule has 3 N–H and O–H groups in total. The number of nitrogens with one attached hydrogen (secondary N) is 1. The van der Waals surface area contributed by atoms with Gasteiger partial charge in [0, 0.05) is 26.1 Å². The van der Waals surface area contributed by atoms with Crippen molar-refractivity contribution in [2.45, 2.75) is 6.92 Å². The molecule has 0 aliphatic carbocycles. The van der Waals surface area contributed by atoms with Crippen LogP contribution in [0.25, 0.3) is 0 Å². The smallest absolute Gasteiger partial charge is 0.188 e. The molecule has 0 saturated carbocycles. The second kappa shape index (κ2) is 3.76. The van der Waals surface area contributed by atoms with Crippen molar-refractivity contribution < 1.29 is 4.74 Å². The molecule has 0 spiro atoms. The van der Waals surface area contributed by atoms with Crippen molar-refractivity contribution in [2.75, 3.05) is 26.8 Å². The number of hydrogen-bond acceptors (Lipinski definition) is 2. The Balaban J connectivity index is 2.44. The molecule has 1 rings (SSSR count). The van der Waals surface area contributed by atoms with E-state index in [1.165, 1.54) is 0 Å². The zero-order valence-corrected chi connectivity index (χ0v) is 7.71. The number of nitrogens with zero attached hydrogens (tertiary/aromatic N) is 1. The minimum atomic E-state index is 0.181. The molecule has 1 heterocycles. The van der Waals surface area contributed by atoms with Crippen LogP contribution in [-0.4, -0.2) is 37.7 Å². The molecule has 0 unspecified atom stereocenters. The monoisotopic (exact) mass is 171 g/mol. The average molecular weight is 171 g/mol. The molecule has 1 aliphatic rings. The second-order valence-corrected chi connectivity index (χ2v) is 3.48. The molecule has 1 saturated heterocycles. The van der Waals surface area contributed by atoms with Gasteiger partial charge in [-0.25, -0.2) is 0 Å². The summed E-state index contributed by atoms with van der Waals surface area (Å²) in [4.78, 5) is 1.90. The molecule has 70 valence electrons. The molecule has 0 radical (unpaired) electrons. The largest absolute Gasteiger partial charge is 0.384 e. The van der Waals surface area contributed by atoms with Crippen molar-refractivity contribution in [2.24, 2.45) is 17.6 Å².